The lowest BCUT2D eigenvalue weighted by Crippen LogP contribution is -2.51. The van der Waals surface area contributed by atoms with Gasteiger partial charge in [-0.15, -0.1) is 0 Å². The molecule has 0 unspecified atom stereocenters. The molecular weight excluding hydrogens is 280 g/mol. The Morgan fingerprint density at radius 2 is 2.23 bits per heavy atom. The van der Waals surface area contributed by atoms with E-state index >= 15 is 0 Å². The summed E-state index contributed by atoms with van der Waals surface area (Å²) in [4.78, 5) is 18.5. The molecule has 0 radical (unpaired) electrons. The van der Waals surface area contributed by atoms with Crippen molar-refractivity contribution in [3.05, 3.63) is 36.3 Å². The van der Waals surface area contributed by atoms with Crippen LogP contribution in [0.25, 0.3) is 11.3 Å². The standard InChI is InChI=1S/C16H20N4O2/c1-11-3-2-8-20(14(11)10-17)16(21)13-9-15(22-19-13)12-4-6-18-7-5-12/h4-7,9,11,14H,2-3,8,10,17H2,1H3/t11-,14+/m1/s1. The van der Waals surface area contributed by atoms with E-state index in [1.54, 1.807) is 18.5 Å². The number of piperidine rings is 1. The number of hydrogen-bond donors (Lipinski definition) is 1. The zero-order valence-electron chi connectivity index (χ0n) is 12.6. The minimum Gasteiger partial charge on any atom is -0.355 e. The number of likely N-dealkylation sites (tertiary alicyclic amines) is 1. The fraction of sp³-hybridized carbons (Fsp3) is 0.438. The second-order valence-electron chi connectivity index (χ2n) is 5.73. The Balaban J connectivity index is 1.82. The van der Waals surface area contributed by atoms with E-state index in [-0.39, 0.29) is 11.9 Å². The predicted octanol–water partition coefficient (Wildman–Crippen LogP) is 1.94. The lowest BCUT2D eigenvalue weighted by molar-refractivity contribution is 0.0522. The molecule has 1 saturated heterocycles. The van der Waals surface area contributed by atoms with E-state index in [2.05, 4.69) is 17.1 Å². The molecule has 0 saturated carbocycles. The SMILES string of the molecule is C[C@@H]1CCCN(C(=O)c2cc(-c3ccncc3)on2)[C@H]1CN. The highest BCUT2D eigenvalue weighted by Crippen LogP contribution is 2.25. The van der Waals surface area contributed by atoms with Crippen LogP contribution in [-0.4, -0.2) is 40.1 Å². The van der Waals surface area contributed by atoms with Gasteiger partial charge in [-0.3, -0.25) is 9.78 Å². The number of nitrogens with zero attached hydrogens (tertiary/aromatic N) is 3. The summed E-state index contributed by atoms with van der Waals surface area (Å²) < 4.78 is 5.30. The lowest BCUT2D eigenvalue weighted by atomic mass is 9.90. The average molecular weight is 300 g/mol. The van der Waals surface area contributed by atoms with Crippen LogP contribution in [0.15, 0.2) is 35.1 Å². The van der Waals surface area contributed by atoms with Crippen LogP contribution in [0.3, 0.4) is 0 Å². The van der Waals surface area contributed by atoms with Crippen molar-refractivity contribution in [2.45, 2.75) is 25.8 Å². The summed E-state index contributed by atoms with van der Waals surface area (Å²) in [6.07, 6.45) is 5.46. The molecule has 2 atom stereocenters. The Morgan fingerprint density at radius 3 is 2.95 bits per heavy atom. The first kappa shape index (κ1) is 14.7. The molecule has 6 nitrogen and oxygen atoms in total. The van der Waals surface area contributed by atoms with Gasteiger partial charge < -0.3 is 15.2 Å². The number of nitrogens with two attached hydrogens (primary N) is 1. The summed E-state index contributed by atoms with van der Waals surface area (Å²) in [7, 11) is 0. The van der Waals surface area contributed by atoms with E-state index < -0.39 is 0 Å². The summed E-state index contributed by atoms with van der Waals surface area (Å²) >= 11 is 0. The molecule has 2 aromatic rings. The topological polar surface area (TPSA) is 85.2 Å². The smallest absolute Gasteiger partial charge is 0.276 e. The Bertz CT molecular complexity index is 641. The summed E-state index contributed by atoms with van der Waals surface area (Å²) in [5.41, 5.74) is 7.04. The van der Waals surface area contributed by atoms with Crippen molar-refractivity contribution in [3.8, 4) is 11.3 Å². The van der Waals surface area contributed by atoms with Crippen molar-refractivity contribution < 1.29 is 9.32 Å². The van der Waals surface area contributed by atoms with E-state index in [0.717, 1.165) is 24.9 Å². The van der Waals surface area contributed by atoms with Gasteiger partial charge in [-0.2, -0.15) is 0 Å². The molecule has 1 fully saturated rings. The summed E-state index contributed by atoms with van der Waals surface area (Å²) in [5, 5.41) is 3.93. The second kappa shape index (κ2) is 6.27. The van der Waals surface area contributed by atoms with Crippen molar-refractivity contribution in [1.82, 2.24) is 15.0 Å². The van der Waals surface area contributed by atoms with Gasteiger partial charge in [0, 0.05) is 43.2 Å². The van der Waals surface area contributed by atoms with Crippen LogP contribution in [-0.2, 0) is 0 Å². The Morgan fingerprint density at radius 1 is 1.45 bits per heavy atom. The van der Waals surface area contributed by atoms with Crippen LogP contribution >= 0.6 is 0 Å². The molecule has 22 heavy (non-hydrogen) atoms. The normalized spacial score (nSPS) is 21.8. The summed E-state index contributed by atoms with van der Waals surface area (Å²) in [6, 6.07) is 5.40. The minimum absolute atomic E-state index is 0.0716. The highest BCUT2D eigenvalue weighted by atomic mass is 16.5. The largest absolute Gasteiger partial charge is 0.355 e. The molecule has 0 aromatic carbocycles. The predicted molar refractivity (Wildman–Crippen MR) is 82.0 cm³/mol. The van der Waals surface area contributed by atoms with Crippen molar-refractivity contribution >= 4 is 5.91 Å². The van der Waals surface area contributed by atoms with Gasteiger partial charge in [-0.25, -0.2) is 0 Å². The molecule has 1 aliphatic rings. The number of carbonyl (C=O) groups is 1. The number of carbonyl (C=O) groups excluding carboxylic acids is 1. The highest BCUT2D eigenvalue weighted by molar-refractivity contribution is 5.93. The van der Waals surface area contributed by atoms with Crippen molar-refractivity contribution in [2.75, 3.05) is 13.1 Å². The zero-order valence-corrected chi connectivity index (χ0v) is 12.6. The van der Waals surface area contributed by atoms with Gasteiger partial charge in [0.05, 0.1) is 0 Å². The van der Waals surface area contributed by atoms with Gasteiger partial charge in [0.1, 0.15) is 0 Å². The molecule has 116 valence electrons. The Kier molecular flexibility index (Phi) is 4.20. The van der Waals surface area contributed by atoms with Gasteiger partial charge in [-0.05, 0) is 30.9 Å². The fourth-order valence-corrected chi connectivity index (χ4v) is 3.04. The first-order valence-corrected chi connectivity index (χ1v) is 7.59. The Labute approximate surface area is 129 Å². The Hall–Kier alpha value is -2.21. The maximum Gasteiger partial charge on any atom is 0.276 e. The monoisotopic (exact) mass is 300 g/mol. The molecule has 6 heteroatoms. The fourth-order valence-electron chi connectivity index (χ4n) is 3.04. The molecule has 1 amide bonds. The molecule has 2 aromatic heterocycles. The quantitative estimate of drug-likeness (QED) is 0.936. The zero-order chi connectivity index (χ0) is 15.5. The van der Waals surface area contributed by atoms with Crippen molar-refractivity contribution in [3.63, 3.8) is 0 Å². The van der Waals surface area contributed by atoms with Gasteiger partial charge in [-0.1, -0.05) is 12.1 Å². The molecule has 1 aliphatic heterocycles. The minimum atomic E-state index is -0.106. The van der Waals surface area contributed by atoms with Crippen LogP contribution in [0, 0.1) is 5.92 Å². The van der Waals surface area contributed by atoms with Crippen LogP contribution in [0.1, 0.15) is 30.3 Å². The number of hydrogen-bond acceptors (Lipinski definition) is 5. The lowest BCUT2D eigenvalue weighted by Gasteiger charge is -2.39. The van der Waals surface area contributed by atoms with E-state index in [1.807, 2.05) is 17.0 Å². The molecule has 3 heterocycles. The number of pyridine rings is 1. The average Bonchev–Trinajstić information content (AvgIpc) is 3.05. The van der Waals surface area contributed by atoms with E-state index in [4.69, 9.17) is 10.3 Å². The summed E-state index contributed by atoms with van der Waals surface area (Å²) in [5.74, 6) is 0.875. The van der Waals surface area contributed by atoms with Crippen LogP contribution < -0.4 is 5.73 Å². The molecule has 2 N–H and O–H groups in total. The molecule has 0 bridgehead atoms. The molecule has 3 rings (SSSR count). The van der Waals surface area contributed by atoms with Crippen LogP contribution in [0.4, 0.5) is 0 Å². The number of rotatable bonds is 3. The molecule has 0 aliphatic carbocycles. The molecule has 0 spiro atoms. The first-order chi connectivity index (χ1) is 10.7. The van der Waals surface area contributed by atoms with Crippen LogP contribution in [0.5, 0.6) is 0 Å². The first-order valence-electron chi connectivity index (χ1n) is 7.59. The summed E-state index contributed by atoms with van der Waals surface area (Å²) in [6.45, 7) is 3.34. The van der Waals surface area contributed by atoms with Crippen LogP contribution in [0.2, 0.25) is 0 Å². The molecular formula is C16H20N4O2. The van der Waals surface area contributed by atoms with Crippen molar-refractivity contribution in [2.24, 2.45) is 11.7 Å². The number of amides is 1. The van der Waals surface area contributed by atoms with E-state index in [9.17, 15) is 4.79 Å². The maximum atomic E-state index is 12.7. The van der Waals surface area contributed by atoms with Gasteiger partial charge >= 0.3 is 0 Å². The highest BCUT2D eigenvalue weighted by Gasteiger charge is 2.32. The van der Waals surface area contributed by atoms with Crippen molar-refractivity contribution in [1.29, 1.82) is 0 Å². The number of aromatic nitrogens is 2. The third-order valence-corrected chi connectivity index (χ3v) is 4.31. The van der Waals surface area contributed by atoms with E-state index in [1.165, 1.54) is 0 Å². The second-order valence-corrected chi connectivity index (χ2v) is 5.73. The van der Waals surface area contributed by atoms with Gasteiger partial charge in [0.15, 0.2) is 11.5 Å². The van der Waals surface area contributed by atoms with Gasteiger partial charge in [0.2, 0.25) is 0 Å². The third kappa shape index (κ3) is 2.74. The van der Waals surface area contributed by atoms with Gasteiger partial charge in [0.25, 0.3) is 5.91 Å². The third-order valence-electron chi connectivity index (χ3n) is 4.31. The van der Waals surface area contributed by atoms with E-state index in [0.29, 0.717) is 23.9 Å². The maximum absolute atomic E-state index is 12.7.